The second-order valence-corrected chi connectivity index (χ2v) is 14.6. The molecule has 0 radical (unpaired) electrons. The molecule has 1 heterocycles. The lowest BCUT2D eigenvalue weighted by Crippen LogP contribution is -2.48. The van der Waals surface area contributed by atoms with Crippen LogP contribution in [0.3, 0.4) is 0 Å². The highest BCUT2D eigenvalue weighted by molar-refractivity contribution is 7.99. The van der Waals surface area contributed by atoms with Gasteiger partial charge in [0.05, 0.1) is 30.5 Å². The molecule has 1 aromatic rings. The van der Waals surface area contributed by atoms with E-state index in [9.17, 15) is 25.2 Å². The fourth-order valence-electron chi connectivity index (χ4n) is 6.21. The molecule has 0 unspecified atom stereocenters. The highest BCUT2D eigenvalue weighted by Crippen LogP contribution is 2.40. The largest absolute Gasteiger partial charge is 0.445 e. The van der Waals surface area contributed by atoms with Crippen LogP contribution in [-0.2, 0) is 9.47 Å². The third-order valence-electron chi connectivity index (χ3n) is 9.41. The quantitative estimate of drug-likeness (QED) is 0.0862. The third kappa shape index (κ3) is 13.2. The van der Waals surface area contributed by atoms with E-state index >= 15 is 0 Å². The molecule has 0 spiro atoms. The van der Waals surface area contributed by atoms with Crippen molar-refractivity contribution >= 4 is 17.9 Å². The van der Waals surface area contributed by atoms with Crippen molar-refractivity contribution in [2.45, 2.75) is 115 Å². The van der Waals surface area contributed by atoms with Crippen LogP contribution in [0.15, 0.2) is 83.8 Å². The van der Waals surface area contributed by atoms with Gasteiger partial charge in [0.25, 0.3) is 0 Å². The number of hydrogen-bond donors (Lipinski definition) is 5. The highest BCUT2D eigenvalue weighted by atomic mass is 32.2. The lowest BCUT2D eigenvalue weighted by molar-refractivity contribution is -0.139. The number of nitrogens with two attached hydrogens (primary N) is 1. The van der Waals surface area contributed by atoms with E-state index in [4.69, 9.17) is 15.2 Å². The minimum atomic E-state index is -0.876. The highest BCUT2D eigenvalue weighted by Gasteiger charge is 2.41. The van der Waals surface area contributed by atoms with E-state index < -0.39 is 36.6 Å². The van der Waals surface area contributed by atoms with Crippen LogP contribution in [0.5, 0.6) is 0 Å². The summed E-state index contributed by atoms with van der Waals surface area (Å²) in [6.07, 6.45) is 7.77. The molecular weight excluding hydrogens is 614 g/mol. The first-order chi connectivity index (χ1) is 22.2. The molecule has 2 rings (SSSR count). The van der Waals surface area contributed by atoms with Gasteiger partial charge in [-0.3, -0.25) is 0 Å². The molecule has 264 valence electrons. The fourth-order valence-corrected chi connectivity index (χ4v) is 7.37. The van der Waals surface area contributed by atoms with Crippen molar-refractivity contribution in [2.75, 3.05) is 0 Å². The van der Waals surface area contributed by atoms with Crippen LogP contribution in [0.1, 0.15) is 67.7 Å². The SMILES string of the molecule is C=C/C=C\[C@H](C)[C@H](OC(N)=O)[C@@H](C)[C@H](O)CC/C(C)=C\[C@H](C)[C@@H](O)[C@@H](C)/C=C\[C@@H](O)C[C@@H]1O[C@H](Sc2ccccc2)[C@H](C)[C@@H](O)[C@H]1C. The topological polar surface area (TPSA) is 142 Å². The second-order valence-electron chi connectivity index (χ2n) is 13.4. The standard InChI is InChI=1S/C38H59NO7S/c1-9-10-14-25(4)36(46-38(39)44)27(6)32(41)20-17-23(2)21-26(5)34(42)24(3)18-19-30(40)22-33-28(7)35(43)29(8)37(45-33)47-31-15-12-11-13-16-31/h9-16,18-19,21,24-30,32-37,40-43H,1,17,20,22H2,2-8H3,(H2,39,44)/b14-10-,19-18-,23-21-/t24-,25-,26-,27-,28-,29+,30+,32+,33-,34-,35-,36-,37+/m0/s1. The second kappa shape index (κ2) is 20.2. The summed E-state index contributed by atoms with van der Waals surface area (Å²) in [5.74, 6) is -1.07. The Kier molecular flexibility index (Phi) is 17.5. The summed E-state index contributed by atoms with van der Waals surface area (Å²) in [5, 5.41) is 43.8. The molecule has 6 N–H and O–H groups in total. The average Bonchev–Trinajstić information content (AvgIpc) is 3.04. The third-order valence-corrected chi connectivity index (χ3v) is 10.7. The van der Waals surface area contributed by atoms with Gasteiger partial charge in [0.2, 0.25) is 0 Å². The zero-order chi connectivity index (χ0) is 35.3. The summed E-state index contributed by atoms with van der Waals surface area (Å²) in [6.45, 7) is 17.2. The molecule has 1 aromatic carbocycles. The first kappa shape index (κ1) is 40.8. The van der Waals surface area contributed by atoms with Gasteiger partial charge in [0, 0.05) is 46.8 Å². The van der Waals surface area contributed by atoms with E-state index in [-0.39, 0.29) is 47.0 Å². The van der Waals surface area contributed by atoms with E-state index in [1.54, 1.807) is 30.0 Å². The lowest BCUT2D eigenvalue weighted by Gasteiger charge is -2.43. The average molecular weight is 674 g/mol. The number of aliphatic hydroxyl groups is 4. The van der Waals surface area contributed by atoms with E-state index in [0.29, 0.717) is 19.3 Å². The van der Waals surface area contributed by atoms with Gasteiger partial charge in [-0.1, -0.05) is 120 Å². The van der Waals surface area contributed by atoms with Crippen LogP contribution in [0.4, 0.5) is 4.79 Å². The van der Waals surface area contributed by atoms with Crippen molar-refractivity contribution < 1.29 is 34.7 Å². The molecular formula is C38H59NO7S. The summed E-state index contributed by atoms with van der Waals surface area (Å²) < 4.78 is 11.8. The number of carbonyl (C=O) groups excluding carboxylic acids is 1. The molecule has 1 saturated heterocycles. The molecule has 1 aliphatic rings. The number of primary amides is 1. The van der Waals surface area contributed by atoms with Crippen molar-refractivity contribution in [1.29, 1.82) is 0 Å². The van der Waals surface area contributed by atoms with Crippen LogP contribution in [0, 0.1) is 35.5 Å². The Morgan fingerprint density at radius 2 is 1.68 bits per heavy atom. The summed E-state index contributed by atoms with van der Waals surface area (Å²) >= 11 is 1.59. The number of benzene rings is 1. The van der Waals surface area contributed by atoms with E-state index in [1.807, 2.05) is 97.0 Å². The predicted octanol–water partition coefficient (Wildman–Crippen LogP) is 6.64. The van der Waals surface area contributed by atoms with Crippen LogP contribution < -0.4 is 5.73 Å². The Balaban J connectivity index is 1.92. The van der Waals surface area contributed by atoms with Gasteiger partial charge in [-0.2, -0.15) is 0 Å². The zero-order valence-corrected chi connectivity index (χ0v) is 30.0. The Labute approximate surface area is 286 Å². The van der Waals surface area contributed by atoms with Crippen LogP contribution in [0.2, 0.25) is 0 Å². The van der Waals surface area contributed by atoms with Crippen LogP contribution in [0.25, 0.3) is 0 Å². The molecule has 1 aliphatic heterocycles. The van der Waals surface area contributed by atoms with Gasteiger partial charge >= 0.3 is 6.09 Å². The summed E-state index contributed by atoms with van der Waals surface area (Å²) in [7, 11) is 0. The van der Waals surface area contributed by atoms with Gasteiger partial charge in [0.1, 0.15) is 11.5 Å². The minimum Gasteiger partial charge on any atom is -0.445 e. The molecule has 47 heavy (non-hydrogen) atoms. The number of rotatable bonds is 18. The van der Waals surface area contributed by atoms with Crippen molar-refractivity contribution in [3.8, 4) is 0 Å². The van der Waals surface area contributed by atoms with Crippen molar-refractivity contribution in [1.82, 2.24) is 0 Å². The summed E-state index contributed by atoms with van der Waals surface area (Å²) in [5.41, 5.74) is 6.11. The number of ether oxygens (including phenoxy) is 2. The van der Waals surface area contributed by atoms with E-state index in [0.717, 1.165) is 10.5 Å². The van der Waals surface area contributed by atoms with Crippen molar-refractivity contribution in [3.63, 3.8) is 0 Å². The fraction of sp³-hybridized carbons (Fsp3) is 0.605. The van der Waals surface area contributed by atoms with Crippen LogP contribution in [-0.4, -0.2) is 68.6 Å². The zero-order valence-electron chi connectivity index (χ0n) is 29.2. The number of carbonyl (C=O) groups is 1. The molecule has 0 aromatic heterocycles. The first-order valence-corrected chi connectivity index (χ1v) is 17.7. The van der Waals surface area contributed by atoms with Crippen LogP contribution >= 0.6 is 11.8 Å². The van der Waals surface area contributed by atoms with Gasteiger partial charge in [0.15, 0.2) is 0 Å². The summed E-state index contributed by atoms with van der Waals surface area (Å²) in [6, 6.07) is 9.97. The number of hydrogen-bond acceptors (Lipinski definition) is 8. The van der Waals surface area contributed by atoms with Gasteiger partial charge in [-0.15, -0.1) is 0 Å². The Bertz CT molecular complexity index is 1170. The smallest absolute Gasteiger partial charge is 0.404 e. The Morgan fingerprint density at radius 3 is 2.30 bits per heavy atom. The lowest BCUT2D eigenvalue weighted by atomic mass is 9.84. The molecule has 13 atom stereocenters. The Hall–Kier alpha value is -2.40. The maximum absolute atomic E-state index is 11.5. The molecule has 0 aliphatic carbocycles. The van der Waals surface area contributed by atoms with Gasteiger partial charge in [-0.25, -0.2) is 4.79 Å². The van der Waals surface area contributed by atoms with Crippen molar-refractivity contribution in [2.24, 2.45) is 41.2 Å². The maximum atomic E-state index is 11.5. The van der Waals surface area contributed by atoms with E-state index in [1.165, 1.54) is 0 Å². The first-order valence-electron chi connectivity index (χ1n) is 16.9. The number of thioether (sulfide) groups is 1. The Morgan fingerprint density at radius 1 is 1.02 bits per heavy atom. The monoisotopic (exact) mass is 673 g/mol. The minimum absolute atomic E-state index is 0.0553. The molecule has 1 fully saturated rings. The molecule has 0 saturated carbocycles. The maximum Gasteiger partial charge on any atom is 0.404 e. The van der Waals surface area contributed by atoms with Crippen molar-refractivity contribution in [3.05, 3.63) is 78.9 Å². The van der Waals surface area contributed by atoms with E-state index in [2.05, 4.69) is 6.58 Å². The number of aliphatic hydroxyl groups excluding tert-OH is 4. The molecule has 8 nitrogen and oxygen atoms in total. The van der Waals surface area contributed by atoms with Gasteiger partial charge < -0.3 is 35.6 Å². The predicted molar refractivity (Wildman–Crippen MR) is 191 cm³/mol. The molecule has 0 bridgehead atoms. The number of amides is 1. The molecule has 1 amide bonds. The summed E-state index contributed by atoms with van der Waals surface area (Å²) in [4.78, 5) is 12.6. The number of allylic oxidation sites excluding steroid dienone is 3. The van der Waals surface area contributed by atoms with Gasteiger partial charge in [-0.05, 0) is 31.9 Å². The molecule has 9 heteroatoms. The normalized spacial score (nSPS) is 27.5.